The molecule has 0 bridgehead atoms. The number of nitrogens with zero attached hydrogens (tertiary/aromatic N) is 4. The number of hydrogen-bond donors (Lipinski definition) is 0. The van der Waals surface area contributed by atoms with Crippen LogP contribution in [0.5, 0.6) is 0 Å². The molecule has 0 radical (unpaired) electrons. The average molecular weight is 214 g/mol. The van der Waals surface area contributed by atoms with Gasteiger partial charge in [0.15, 0.2) is 11.2 Å². The maximum atomic E-state index is 11.8. The van der Waals surface area contributed by atoms with Crippen molar-refractivity contribution < 1.29 is 0 Å². The number of terminal acetylenes is 2. The molecule has 0 aromatic carbocycles. The molecule has 0 aliphatic heterocycles. The summed E-state index contributed by atoms with van der Waals surface area (Å²) < 4.78 is 2.97. The number of aryl methyl sites for hydroxylation is 1. The largest absolute Gasteiger partial charge is 0.356 e. The van der Waals surface area contributed by atoms with E-state index in [1.807, 2.05) is 6.04 Å². The van der Waals surface area contributed by atoms with Gasteiger partial charge in [0.05, 0.1) is 6.33 Å². The first kappa shape index (κ1) is 9.81. The second-order valence-electron chi connectivity index (χ2n) is 3.04. The Bertz CT molecular complexity index is 776. The molecule has 0 unspecified atom stereocenters. The first-order valence-electron chi connectivity index (χ1n) is 4.24. The first-order valence-corrected chi connectivity index (χ1v) is 4.24. The summed E-state index contributed by atoms with van der Waals surface area (Å²) in [7, 11) is 1.61. The molecular formula is C10H6N4O2. The normalized spacial score (nSPS) is 9.94. The van der Waals surface area contributed by atoms with Gasteiger partial charge in [-0.1, -0.05) is 12.8 Å². The van der Waals surface area contributed by atoms with Crippen LogP contribution in [-0.4, -0.2) is 18.7 Å². The average Bonchev–Trinajstić information content (AvgIpc) is 2.62. The van der Waals surface area contributed by atoms with Gasteiger partial charge in [-0.15, -0.1) is 0 Å². The van der Waals surface area contributed by atoms with Gasteiger partial charge in [0.2, 0.25) is 0 Å². The summed E-state index contributed by atoms with van der Waals surface area (Å²) in [6.07, 6.45) is 11.7. The van der Waals surface area contributed by atoms with Crippen LogP contribution in [0.15, 0.2) is 15.9 Å². The van der Waals surface area contributed by atoms with Gasteiger partial charge in [0, 0.05) is 19.1 Å². The second kappa shape index (κ2) is 3.14. The molecule has 0 spiro atoms. The standard InChI is InChI=1S/C10H6N4O2/c1-4-13-8-7(12(3)6-11-8)9(15)14(5-2)10(13)16/h1-2,6H,3H3. The summed E-state index contributed by atoms with van der Waals surface area (Å²) in [5, 5.41) is 0. The predicted molar refractivity (Wildman–Crippen MR) is 57.7 cm³/mol. The number of aromatic nitrogens is 4. The first-order chi connectivity index (χ1) is 7.61. The quantitative estimate of drug-likeness (QED) is 0.516. The van der Waals surface area contributed by atoms with E-state index in [0.29, 0.717) is 4.57 Å². The Labute approximate surface area is 89.8 Å². The van der Waals surface area contributed by atoms with Gasteiger partial charge in [-0.2, -0.15) is 9.13 Å². The topological polar surface area (TPSA) is 61.8 Å². The summed E-state index contributed by atoms with van der Waals surface area (Å²) in [4.78, 5) is 27.4. The van der Waals surface area contributed by atoms with E-state index in [4.69, 9.17) is 12.8 Å². The Morgan fingerprint density at radius 1 is 1.25 bits per heavy atom. The van der Waals surface area contributed by atoms with Crippen LogP contribution in [0, 0.1) is 24.9 Å². The van der Waals surface area contributed by atoms with E-state index in [0.717, 1.165) is 4.57 Å². The summed E-state index contributed by atoms with van der Waals surface area (Å²) in [6, 6.07) is 4.11. The lowest BCUT2D eigenvalue weighted by Gasteiger charge is -2.00. The van der Waals surface area contributed by atoms with Crippen LogP contribution in [0.25, 0.3) is 11.2 Å². The van der Waals surface area contributed by atoms with E-state index in [2.05, 4.69) is 11.0 Å². The predicted octanol–water partition coefficient (Wildman–Crippen LogP) is -1.23. The van der Waals surface area contributed by atoms with Crippen molar-refractivity contribution in [2.45, 2.75) is 0 Å². The molecule has 0 aliphatic rings. The molecule has 0 N–H and O–H groups in total. The zero-order valence-electron chi connectivity index (χ0n) is 8.34. The molecule has 0 atom stereocenters. The highest BCUT2D eigenvalue weighted by molar-refractivity contribution is 5.71. The van der Waals surface area contributed by atoms with Gasteiger partial charge >= 0.3 is 5.69 Å². The number of fused-ring (bicyclic) bond motifs is 1. The van der Waals surface area contributed by atoms with E-state index in [1.165, 1.54) is 10.9 Å². The maximum absolute atomic E-state index is 11.8. The highest BCUT2D eigenvalue weighted by Crippen LogP contribution is 2.02. The molecule has 78 valence electrons. The van der Waals surface area contributed by atoms with E-state index in [1.54, 1.807) is 7.05 Å². The van der Waals surface area contributed by atoms with Crippen LogP contribution in [0.2, 0.25) is 0 Å². The van der Waals surface area contributed by atoms with Crippen molar-refractivity contribution in [3.8, 4) is 24.9 Å². The summed E-state index contributed by atoms with van der Waals surface area (Å²) in [5.74, 6) is 0. The highest BCUT2D eigenvalue weighted by atomic mass is 16.2. The molecule has 0 saturated heterocycles. The van der Waals surface area contributed by atoms with Crippen LogP contribution >= 0.6 is 0 Å². The second-order valence-corrected chi connectivity index (χ2v) is 3.04. The summed E-state index contributed by atoms with van der Waals surface area (Å²) in [5.41, 5.74) is -1.04. The maximum Gasteiger partial charge on any atom is 0.356 e. The van der Waals surface area contributed by atoms with E-state index >= 15 is 0 Å². The van der Waals surface area contributed by atoms with Gasteiger partial charge < -0.3 is 4.57 Å². The Hall–Kier alpha value is -2.73. The molecule has 2 heterocycles. The fraction of sp³-hybridized carbons (Fsp3) is 0.100. The minimum Gasteiger partial charge on any atom is -0.328 e. The Morgan fingerprint density at radius 2 is 1.88 bits per heavy atom. The van der Waals surface area contributed by atoms with Crippen molar-refractivity contribution in [2.24, 2.45) is 7.05 Å². The van der Waals surface area contributed by atoms with Gasteiger partial charge in [-0.3, -0.25) is 4.79 Å². The van der Waals surface area contributed by atoms with Gasteiger partial charge in [0.1, 0.15) is 0 Å². The molecular weight excluding hydrogens is 208 g/mol. The smallest absolute Gasteiger partial charge is 0.328 e. The van der Waals surface area contributed by atoms with Gasteiger partial charge in [0.25, 0.3) is 5.56 Å². The molecule has 16 heavy (non-hydrogen) atoms. The molecule has 0 fully saturated rings. The Balaban J connectivity index is 3.26. The van der Waals surface area contributed by atoms with Crippen molar-refractivity contribution in [1.82, 2.24) is 18.7 Å². The van der Waals surface area contributed by atoms with Crippen LogP contribution in [-0.2, 0) is 7.05 Å². The number of imidazole rings is 1. The van der Waals surface area contributed by atoms with E-state index in [-0.39, 0.29) is 11.2 Å². The van der Waals surface area contributed by atoms with Crippen LogP contribution < -0.4 is 11.2 Å². The molecule has 6 heteroatoms. The highest BCUT2D eigenvalue weighted by Gasteiger charge is 2.14. The molecule has 2 aromatic rings. The zero-order valence-corrected chi connectivity index (χ0v) is 8.34. The fourth-order valence-electron chi connectivity index (χ4n) is 1.44. The van der Waals surface area contributed by atoms with Crippen molar-refractivity contribution in [3.63, 3.8) is 0 Å². The van der Waals surface area contributed by atoms with Crippen LogP contribution in [0.1, 0.15) is 0 Å². The number of hydrogen-bond acceptors (Lipinski definition) is 3. The van der Waals surface area contributed by atoms with Crippen molar-refractivity contribution in [2.75, 3.05) is 0 Å². The van der Waals surface area contributed by atoms with Gasteiger partial charge in [-0.05, 0) is 0 Å². The van der Waals surface area contributed by atoms with Crippen LogP contribution in [0.4, 0.5) is 0 Å². The third-order valence-electron chi connectivity index (χ3n) is 2.18. The van der Waals surface area contributed by atoms with Crippen molar-refractivity contribution in [1.29, 1.82) is 0 Å². The summed E-state index contributed by atoms with van der Waals surface area (Å²) in [6.45, 7) is 0. The molecule has 0 aliphatic carbocycles. The number of rotatable bonds is 0. The lowest BCUT2D eigenvalue weighted by molar-refractivity contribution is 0.854. The van der Waals surface area contributed by atoms with Crippen LogP contribution in [0.3, 0.4) is 0 Å². The Kier molecular flexibility index (Phi) is 1.93. The molecule has 0 amide bonds. The zero-order chi connectivity index (χ0) is 11.9. The van der Waals surface area contributed by atoms with E-state index in [9.17, 15) is 9.59 Å². The van der Waals surface area contributed by atoms with Crippen molar-refractivity contribution >= 4 is 11.2 Å². The Morgan fingerprint density at radius 3 is 2.44 bits per heavy atom. The molecule has 6 nitrogen and oxygen atoms in total. The molecule has 2 aromatic heterocycles. The minimum atomic E-state index is -0.763. The monoisotopic (exact) mass is 214 g/mol. The third-order valence-corrected chi connectivity index (χ3v) is 2.18. The lowest BCUT2D eigenvalue weighted by Crippen LogP contribution is -2.37. The third kappa shape index (κ3) is 1.01. The van der Waals surface area contributed by atoms with E-state index < -0.39 is 11.2 Å². The fourth-order valence-corrected chi connectivity index (χ4v) is 1.44. The molecule has 2 rings (SSSR count). The summed E-state index contributed by atoms with van der Waals surface area (Å²) >= 11 is 0. The minimum absolute atomic E-state index is 0.131. The van der Waals surface area contributed by atoms with Crippen molar-refractivity contribution in [3.05, 3.63) is 27.2 Å². The lowest BCUT2D eigenvalue weighted by atomic mass is 10.5. The SMILES string of the molecule is C#Cn1c(=O)c2c(ncn2C)n(C#C)c1=O. The molecule has 0 saturated carbocycles. The van der Waals surface area contributed by atoms with Gasteiger partial charge in [-0.25, -0.2) is 9.78 Å².